The van der Waals surface area contributed by atoms with Crippen molar-refractivity contribution in [2.24, 2.45) is 17.7 Å². The fourth-order valence-corrected chi connectivity index (χ4v) is 3.98. The molecular formula is C18H25N3. The van der Waals surface area contributed by atoms with Gasteiger partial charge in [0, 0.05) is 11.6 Å². The van der Waals surface area contributed by atoms with Crippen molar-refractivity contribution in [3.8, 4) is 0 Å². The standard InChI is InChI=1S/C18H25N3/c1-2-13-7-3-5-9-15(13)18(21-19)17-16-10-6-4-8-14(16)11-12-20-17/h4,6,8,10-13,15,18,21H,2-3,5,7,9,19H2,1H3. The third kappa shape index (κ3) is 2.81. The zero-order valence-corrected chi connectivity index (χ0v) is 12.8. The van der Waals surface area contributed by atoms with E-state index >= 15 is 0 Å². The number of pyridine rings is 1. The lowest BCUT2D eigenvalue weighted by atomic mass is 9.73. The zero-order valence-electron chi connectivity index (χ0n) is 12.8. The summed E-state index contributed by atoms with van der Waals surface area (Å²) in [6.07, 6.45) is 8.38. The molecule has 0 spiro atoms. The molecule has 112 valence electrons. The Hall–Kier alpha value is -1.45. The molecule has 21 heavy (non-hydrogen) atoms. The van der Waals surface area contributed by atoms with Crippen molar-refractivity contribution in [1.29, 1.82) is 0 Å². The summed E-state index contributed by atoms with van der Waals surface area (Å²) >= 11 is 0. The number of benzene rings is 1. The fourth-order valence-electron chi connectivity index (χ4n) is 3.98. The molecule has 1 aliphatic carbocycles. The summed E-state index contributed by atoms with van der Waals surface area (Å²) < 4.78 is 0. The highest BCUT2D eigenvalue weighted by atomic mass is 15.2. The molecule has 1 saturated carbocycles. The molecule has 1 heterocycles. The largest absolute Gasteiger partial charge is 0.271 e. The molecule has 1 aliphatic rings. The predicted molar refractivity (Wildman–Crippen MR) is 87.5 cm³/mol. The number of aromatic nitrogens is 1. The summed E-state index contributed by atoms with van der Waals surface area (Å²) in [6.45, 7) is 2.30. The first-order valence-corrected chi connectivity index (χ1v) is 8.15. The summed E-state index contributed by atoms with van der Waals surface area (Å²) in [4.78, 5) is 4.68. The average molecular weight is 283 g/mol. The van der Waals surface area contributed by atoms with Gasteiger partial charge in [0.25, 0.3) is 0 Å². The third-order valence-corrected chi connectivity index (χ3v) is 5.10. The van der Waals surface area contributed by atoms with Gasteiger partial charge in [0.05, 0.1) is 11.7 Å². The van der Waals surface area contributed by atoms with Crippen molar-refractivity contribution >= 4 is 10.8 Å². The minimum atomic E-state index is 0.154. The molecule has 0 aliphatic heterocycles. The SMILES string of the molecule is CCC1CCCCC1C(NN)c1nccc2ccccc12. The number of hydrogen-bond acceptors (Lipinski definition) is 3. The number of fused-ring (bicyclic) bond motifs is 1. The van der Waals surface area contributed by atoms with Crippen LogP contribution in [-0.4, -0.2) is 4.98 Å². The highest BCUT2D eigenvalue weighted by molar-refractivity contribution is 5.84. The molecule has 1 aromatic heterocycles. The molecule has 2 aromatic rings. The first-order valence-electron chi connectivity index (χ1n) is 8.15. The van der Waals surface area contributed by atoms with E-state index < -0.39 is 0 Å². The molecular weight excluding hydrogens is 258 g/mol. The van der Waals surface area contributed by atoms with Crippen LogP contribution in [0.2, 0.25) is 0 Å². The van der Waals surface area contributed by atoms with Crippen molar-refractivity contribution in [1.82, 2.24) is 10.4 Å². The predicted octanol–water partition coefficient (Wildman–Crippen LogP) is 3.96. The third-order valence-electron chi connectivity index (χ3n) is 5.10. The minimum absolute atomic E-state index is 0.154. The molecule has 0 saturated heterocycles. The highest BCUT2D eigenvalue weighted by Gasteiger charge is 2.32. The topological polar surface area (TPSA) is 50.9 Å². The van der Waals surface area contributed by atoms with E-state index in [0.717, 1.165) is 11.6 Å². The van der Waals surface area contributed by atoms with E-state index in [9.17, 15) is 0 Å². The molecule has 0 amide bonds. The molecule has 3 atom stereocenters. The van der Waals surface area contributed by atoms with Crippen LogP contribution in [0, 0.1) is 11.8 Å². The number of rotatable bonds is 4. The molecule has 3 heteroatoms. The quantitative estimate of drug-likeness (QED) is 0.659. The molecule has 1 aromatic carbocycles. The Morgan fingerprint density at radius 2 is 2.05 bits per heavy atom. The van der Waals surface area contributed by atoms with E-state index in [0.29, 0.717) is 5.92 Å². The van der Waals surface area contributed by atoms with Crippen LogP contribution in [0.15, 0.2) is 36.5 Å². The van der Waals surface area contributed by atoms with E-state index in [1.807, 2.05) is 6.20 Å². The van der Waals surface area contributed by atoms with Gasteiger partial charge in [-0.15, -0.1) is 0 Å². The highest BCUT2D eigenvalue weighted by Crippen LogP contribution is 2.40. The van der Waals surface area contributed by atoms with E-state index in [1.54, 1.807) is 0 Å². The molecule has 3 rings (SSSR count). The van der Waals surface area contributed by atoms with Gasteiger partial charge >= 0.3 is 0 Å². The van der Waals surface area contributed by atoms with Gasteiger partial charge in [0.15, 0.2) is 0 Å². The Kier molecular flexibility index (Phi) is 4.51. The lowest BCUT2D eigenvalue weighted by Crippen LogP contribution is -2.38. The normalized spacial score (nSPS) is 24.1. The molecule has 0 bridgehead atoms. The molecule has 1 fully saturated rings. The minimum Gasteiger partial charge on any atom is -0.271 e. The van der Waals surface area contributed by atoms with Gasteiger partial charge in [0.2, 0.25) is 0 Å². The summed E-state index contributed by atoms with van der Waals surface area (Å²) in [6, 6.07) is 10.7. The second-order valence-electron chi connectivity index (χ2n) is 6.18. The van der Waals surface area contributed by atoms with Gasteiger partial charge in [-0.05, 0) is 29.7 Å². The Morgan fingerprint density at radius 1 is 1.24 bits per heavy atom. The summed E-state index contributed by atoms with van der Waals surface area (Å²) in [5.74, 6) is 7.29. The van der Waals surface area contributed by atoms with Gasteiger partial charge < -0.3 is 0 Å². The lowest BCUT2D eigenvalue weighted by Gasteiger charge is -2.36. The maximum absolute atomic E-state index is 5.95. The first-order chi connectivity index (χ1) is 10.3. The number of hydrogen-bond donors (Lipinski definition) is 2. The molecule has 3 nitrogen and oxygen atoms in total. The smallest absolute Gasteiger partial charge is 0.0669 e. The van der Waals surface area contributed by atoms with Crippen molar-refractivity contribution in [2.45, 2.75) is 45.1 Å². The summed E-state index contributed by atoms with van der Waals surface area (Å²) in [5.41, 5.74) is 4.19. The van der Waals surface area contributed by atoms with Gasteiger partial charge in [0.1, 0.15) is 0 Å². The fraction of sp³-hybridized carbons (Fsp3) is 0.500. The van der Waals surface area contributed by atoms with E-state index in [2.05, 4.69) is 47.7 Å². The Morgan fingerprint density at radius 3 is 2.86 bits per heavy atom. The maximum atomic E-state index is 5.95. The van der Waals surface area contributed by atoms with Crippen molar-refractivity contribution in [2.75, 3.05) is 0 Å². The van der Waals surface area contributed by atoms with Crippen LogP contribution in [0.1, 0.15) is 50.8 Å². The van der Waals surface area contributed by atoms with Crippen molar-refractivity contribution in [3.05, 3.63) is 42.2 Å². The second-order valence-corrected chi connectivity index (χ2v) is 6.18. The van der Waals surface area contributed by atoms with E-state index in [-0.39, 0.29) is 6.04 Å². The Bertz CT molecular complexity index is 591. The van der Waals surface area contributed by atoms with Gasteiger partial charge in [-0.2, -0.15) is 0 Å². The summed E-state index contributed by atoms with van der Waals surface area (Å²) in [7, 11) is 0. The number of hydrazine groups is 1. The van der Waals surface area contributed by atoms with Crippen LogP contribution in [0.4, 0.5) is 0 Å². The van der Waals surface area contributed by atoms with Gasteiger partial charge in [-0.3, -0.25) is 16.3 Å². The van der Waals surface area contributed by atoms with Gasteiger partial charge in [-0.1, -0.05) is 56.9 Å². The number of nitrogens with zero attached hydrogens (tertiary/aromatic N) is 1. The number of nitrogens with two attached hydrogens (primary N) is 1. The Balaban J connectivity index is 2.01. The van der Waals surface area contributed by atoms with Gasteiger partial charge in [-0.25, -0.2) is 0 Å². The van der Waals surface area contributed by atoms with Crippen LogP contribution in [-0.2, 0) is 0 Å². The average Bonchev–Trinajstić information content (AvgIpc) is 2.56. The number of nitrogens with one attached hydrogen (secondary N) is 1. The molecule has 0 radical (unpaired) electrons. The second kappa shape index (κ2) is 6.54. The molecule has 3 N–H and O–H groups in total. The van der Waals surface area contributed by atoms with Crippen LogP contribution < -0.4 is 11.3 Å². The monoisotopic (exact) mass is 283 g/mol. The first kappa shape index (κ1) is 14.5. The zero-order chi connectivity index (χ0) is 14.7. The maximum Gasteiger partial charge on any atom is 0.0669 e. The van der Waals surface area contributed by atoms with E-state index in [1.165, 1.54) is 42.9 Å². The molecule has 3 unspecified atom stereocenters. The van der Waals surface area contributed by atoms with Crippen LogP contribution in [0.3, 0.4) is 0 Å². The van der Waals surface area contributed by atoms with Crippen LogP contribution in [0.5, 0.6) is 0 Å². The van der Waals surface area contributed by atoms with Crippen molar-refractivity contribution in [3.63, 3.8) is 0 Å². The Labute approximate surface area is 126 Å². The summed E-state index contributed by atoms with van der Waals surface area (Å²) in [5, 5.41) is 2.47. The van der Waals surface area contributed by atoms with Crippen LogP contribution in [0.25, 0.3) is 10.8 Å². The van der Waals surface area contributed by atoms with Crippen LogP contribution >= 0.6 is 0 Å². The lowest BCUT2D eigenvalue weighted by molar-refractivity contribution is 0.174. The van der Waals surface area contributed by atoms with Crippen molar-refractivity contribution < 1.29 is 0 Å². The van der Waals surface area contributed by atoms with E-state index in [4.69, 9.17) is 5.84 Å².